The molecule has 0 saturated carbocycles. The van der Waals surface area contributed by atoms with E-state index in [0.29, 0.717) is 6.42 Å². The first-order valence-corrected chi connectivity index (χ1v) is 8.46. The lowest BCUT2D eigenvalue weighted by Gasteiger charge is -2.37. The zero-order valence-electron chi connectivity index (χ0n) is 13.7. The summed E-state index contributed by atoms with van der Waals surface area (Å²) in [6.45, 7) is 0.448. The first-order chi connectivity index (χ1) is 12.2. The lowest BCUT2D eigenvalue weighted by molar-refractivity contribution is -0.137. The van der Waals surface area contributed by atoms with E-state index >= 15 is 0 Å². The zero-order valence-corrected chi connectivity index (χ0v) is 13.7. The number of hydrogen-bond donors (Lipinski definition) is 1. The molecule has 0 spiro atoms. The van der Waals surface area contributed by atoms with Crippen molar-refractivity contribution in [3.8, 4) is 0 Å². The molecular formula is C20H19NO4. The maximum atomic E-state index is 13.1. The fraction of sp³-hybridized carbons (Fsp3) is 0.300. The van der Waals surface area contributed by atoms with Gasteiger partial charge in [-0.25, -0.2) is 9.69 Å². The molecule has 0 unspecified atom stereocenters. The summed E-state index contributed by atoms with van der Waals surface area (Å²) < 4.78 is 4.91. The number of aliphatic hydroxyl groups is 1. The van der Waals surface area contributed by atoms with Gasteiger partial charge in [0.15, 0.2) is 0 Å². The van der Waals surface area contributed by atoms with E-state index in [-0.39, 0.29) is 25.0 Å². The van der Waals surface area contributed by atoms with Gasteiger partial charge in [-0.15, -0.1) is 0 Å². The number of aliphatic hydroxyl groups excluding tert-OH is 1. The van der Waals surface area contributed by atoms with Gasteiger partial charge < -0.3 is 9.84 Å². The van der Waals surface area contributed by atoms with E-state index in [0.717, 1.165) is 21.6 Å². The maximum Gasteiger partial charge on any atom is 0.416 e. The van der Waals surface area contributed by atoms with Crippen LogP contribution in [0.3, 0.4) is 0 Å². The van der Waals surface area contributed by atoms with Gasteiger partial charge in [0, 0.05) is 5.92 Å². The molecule has 5 heteroatoms. The Morgan fingerprint density at radius 2 is 1.80 bits per heavy atom. The van der Waals surface area contributed by atoms with Crippen LogP contribution in [-0.2, 0) is 16.0 Å². The molecule has 1 heterocycles. The smallest absolute Gasteiger partial charge is 0.416 e. The summed E-state index contributed by atoms with van der Waals surface area (Å²) in [5, 5.41) is 11.0. The van der Waals surface area contributed by atoms with E-state index in [1.54, 1.807) is 0 Å². The summed E-state index contributed by atoms with van der Waals surface area (Å²) in [6.07, 6.45) is -0.921. The van der Waals surface area contributed by atoms with Crippen LogP contribution in [-0.4, -0.2) is 35.2 Å². The number of nitrogens with zero attached hydrogens (tertiary/aromatic N) is 1. The van der Waals surface area contributed by atoms with Gasteiger partial charge in [0.05, 0.1) is 18.6 Å². The molecule has 1 aliphatic carbocycles. The molecule has 3 atom stereocenters. The Kier molecular flexibility index (Phi) is 4.01. The average molecular weight is 337 g/mol. The Labute approximate surface area is 145 Å². The molecule has 1 aliphatic heterocycles. The quantitative estimate of drug-likeness (QED) is 0.915. The number of imide groups is 1. The van der Waals surface area contributed by atoms with Crippen molar-refractivity contribution in [2.45, 2.75) is 18.4 Å². The van der Waals surface area contributed by atoms with Crippen LogP contribution in [0.2, 0.25) is 0 Å². The number of carbonyl (C=O) groups excluding carboxylic acids is 2. The number of rotatable bonds is 2. The van der Waals surface area contributed by atoms with Crippen LogP contribution in [0.5, 0.6) is 0 Å². The molecule has 4 rings (SSSR count). The Morgan fingerprint density at radius 1 is 1.08 bits per heavy atom. The van der Waals surface area contributed by atoms with Crippen molar-refractivity contribution in [1.82, 2.24) is 4.90 Å². The van der Waals surface area contributed by atoms with Crippen LogP contribution in [0, 0.1) is 5.92 Å². The van der Waals surface area contributed by atoms with Crippen molar-refractivity contribution in [3.63, 3.8) is 0 Å². The van der Waals surface area contributed by atoms with Gasteiger partial charge in [-0.2, -0.15) is 0 Å². The lowest BCUT2D eigenvalue weighted by Crippen LogP contribution is -2.44. The number of carbonyl (C=O) groups is 2. The van der Waals surface area contributed by atoms with Gasteiger partial charge in [0.2, 0.25) is 5.91 Å². The average Bonchev–Trinajstić information content (AvgIpc) is 3.08. The van der Waals surface area contributed by atoms with Crippen LogP contribution in [0.4, 0.5) is 4.79 Å². The molecule has 25 heavy (non-hydrogen) atoms. The van der Waals surface area contributed by atoms with Gasteiger partial charge in [-0.3, -0.25) is 4.79 Å². The predicted molar refractivity (Wildman–Crippen MR) is 90.8 cm³/mol. The lowest BCUT2D eigenvalue weighted by atomic mass is 9.70. The molecule has 1 N–H and O–H groups in total. The Balaban J connectivity index is 1.77. The minimum Gasteiger partial charge on any atom is -0.447 e. The van der Waals surface area contributed by atoms with Gasteiger partial charge in [-0.05, 0) is 23.1 Å². The van der Waals surface area contributed by atoms with Crippen molar-refractivity contribution < 1.29 is 19.4 Å². The van der Waals surface area contributed by atoms with Gasteiger partial charge in [0.25, 0.3) is 0 Å². The standard InChI is InChI=1S/C20H19NO4/c22-18-15-9-5-4-8-14(15)12-16(13-6-2-1-3-7-13)17(18)19(23)21-10-11-25-20(21)24/h1-9,16-18,22H,10-12H2/t16-,17-,18-/m0/s1. The second kappa shape index (κ2) is 6.33. The molecule has 1 saturated heterocycles. The third-order valence-corrected chi connectivity index (χ3v) is 5.13. The molecule has 0 aromatic heterocycles. The number of hydrogen-bond acceptors (Lipinski definition) is 4. The molecular weight excluding hydrogens is 318 g/mol. The van der Waals surface area contributed by atoms with Gasteiger partial charge >= 0.3 is 6.09 Å². The summed E-state index contributed by atoms with van der Waals surface area (Å²) in [7, 11) is 0. The number of amides is 2. The van der Waals surface area contributed by atoms with Crippen molar-refractivity contribution in [2.24, 2.45) is 5.92 Å². The summed E-state index contributed by atoms with van der Waals surface area (Å²) >= 11 is 0. The fourth-order valence-electron chi connectivity index (χ4n) is 3.89. The molecule has 128 valence electrons. The molecule has 5 nitrogen and oxygen atoms in total. The van der Waals surface area contributed by atoms with Crippen LogP contribution in [0.15, 0.2) is 54.6 Å². The van der Waals surface area contributed by atoms with Crippen LogP contribution >= 0.6 is 0 Å². The van der Waals surface area contributed by atoms with E-state index < -0.39 is 18.1 Å². The molecule has 2 aliphatic rings. The highest BCUT2D eigenvalue weighted by atomic mass is 16.6. The third kappa shape index (κ3) is 2.70. The maximum absolute atomic E-state index is 13.1. The zero-order chi connectivity index (χ0) is 17.4. The SMILES string of the molecule is O=C1OCCN1C(=O)[C@@H]1[C@@H](O)c2ccccc2C[C@H]1c1ccccc1. The summed E-state index contributed by atoms with van der Waals surface area (Å²) in [5.74, 6) is -1.26. The minimum absolute atomic E-state index is 0.188. The first kappa shape index (κ1) is 15.8. The molecule has 2 aromatic rings. The number of benzene rings is 2. The Bertz CT molecular complexity index is 804. The summed E-state index contributed by atoms with van der Waals surface area (Å²) in [4.78, 5) is 26.1. The largest absolute Gasteiger partial charge is 0.447 e. The predicted octanol–water partition coefficient (Wildman–Crippen LogP) is 2.65. The molecule has 2 aromatic carbocycles. The van der Waals surface area contributed by atoms with Crippen LogP contribution in [0.25, 0.3) is 0 Å². The second-order valence-corrected chi connectivity index (χ2v) is 6.49. The van der Waals surface area contributed by atoms with Crippen molar-refractivity contribution in [2.75, 3.05) is 13.2 Å². The summed E-state index contributed by atoms with van der Waals surface area (Å²) in [5.41, 5.74) is 2.79. The van der Waals surface area contributed by atoms with E-state index in [9.17, 15) is 14.7 Å². The fourth-order valence-corrected chi connectivity index (χ4v) is 3.89. The van der Waals surface area contributed by atoms with Crippen LogP contribution in [0.1, 0.15) is 28.7 Å². The molecule has 0 bridgehead atoms. The van der Waals surface area contributed by atoms with Crippen molar-refractivity contribution >= 4 is 12.0 Å². The van der Waals surface area contributed by atoms with Gasteiger partial charge in [-0.1, -0.05) is 54.6 Å². The van der Waals surface area contributed by atoms with Crippen LogP contribution < -0.4 is 0 Å². The summed E-state index contributed by atoms with van der Waals surface area (Å²) in [6, 6.07) is 17.3. The van der Waals surface area contributed by atoms with E-state index in [2.05, 4.69) is 0 Å². The highest BCUT2D eigenvalue weighted by Gasteiger charge is 2.45. The second-order valence-electron chi connectivity index (χ2n) is 6.49. The normalized spacial score (nSPS) is 25.4. The van der Waals surface area contributed by atoms with E-state index in [1.807, 2.05) is 54.6 Å². The molecule has 1 fully saturated rings. The highest BCUT2D eigenvalue weighted by Crippen LogP contribution is 2.44. The van der Waals surface area contributed by atoms with Crippen molar-refractivity contribution in [1.29, 1.82) is 0 Å². The molecule has 2 amide bonds. The highest BCUT2D eigenvalue weighted by molar-refractivity contribution is 5.95. The van der Waals surface area contributed by atoms with Crippen molar-refractivity contribution in [3.05, 3.63) is 71.3 Å². The Morgan fingerprint density at radius 3 is 2.52 bits per heavy atom. The first-order valence-electron chi connectivity index (χ1n) is 8.46. The minimum atomic E-state index is -0.948. The topological polar surface area (TPSA) is 66.8 Å². The van der Waals surface area contributed by atoms with Gasteiger partial charge in [0.1, 0.15) is 6.61 Å². The number of fused-ring (bicyclic) bond motifs is 1. The Hall–Kier alpha value is -2.66. The third-order valence-electron chi connectivity index (χ3n) is 5.13. The molecule has 0 radical (unpaired) electrons. The van der Waals surface area contributed by atoms with E-state index in [4.69, 9.17) is 4.74 Å². The van der Waals surface area contributed by atoms with E-state index in [1.165, 1.54) is 0 Å². The monoisotopic (exact) mass is 337 g/mol. The number of ether oxygens (including phenoxy) is 1. The number of cyclic esters (lactones) is 1.